The van der Waals surface area contributed by atoms with E-state index >= 15 is 0 Å². The molecule has 0 aromatic heterocycles. The molecule has 1 amide bonds. The second-order valence-electron chi connectivity index (χ2n) is 3.68. The lowest BCUT2D eigenvalue weighted by molar-refractivity contribution is -0.126. The van der Waals surface area contributed by atoms with Gasteiger partial charge in [0, 0.05) is 19.6 Å². The second kappa shape index (κ2) is 4.07. The van der Waals surface area contributed by atoms with Crippen molar-refractivity contribution < 1.29 is 4.79 Å². The predicted octanol–water partition coefficient (Wildman–Crippen LogP) is -0.584. The van der Waals surface area contributed by atoms with Crippen molar-refractivity contribution in [3.63, 3.8) is 0 Å². The SMILES string of the molecule is CCNC(=O)C1(NC)CCN(C)C1. The van der Waals surface area contributed by atoms with Crippen molar-refractivity contribution in [1.29, 1.82) is 0 Å². The molecule has 1 aliphatic heterocycles. The maximum atomic E-state index is 11.7. The zero-order valence-corrected chi connectivity index (χ0v) is 8.68. The molecule has 1 heterocycles. The molecule has 4 heteroatoms. The number of nitrogens with zero attached hydrogens (tertiary/aromatic N) is 1. The Balaban J connectivity index is 2.64. The summed E-state index contributed by atoms with van der Waals surface area (Å²) in [6.07, 6.45) is 0.895. The topological polar surface area (TPSA) is 44.4 Å². The predicted molar refractivity (Wildman–Crippen MR) is 52.6 cm³/mol. The lowest BCUT2D eigenvalue weighted by Gasteiger charge is -2.26. The van der Waals surface area contributed by atoms with E-state index < -0.39 is 0 Å². The van der Waals surface area contributed by atoms with Crippen LogP contribution in [0.5, 0.6) is 0 Å². The van der Waals surface area contributed by atoms with Gasteiger partial charge in [0.05, 0.1) is 0 Å². The highest BCUT2D eigenvalue weighted by atomic mass is 16.2. The average molecular weight is 185 g/mol. The Labute approximate surface area is 79.7 Å². The first-order valence-corrected chi connectivity index (χ1v) is 4.80. The van der Waals surface area contributed by atoms with Gasteiger partial charge in [-0.1, -0.05) is 0 Å². The van der Waals surface area contributed by atoms with Crippen LogP contribution in [-0.2, 0) is 4.79 Å². The van der Waals surface area contributed by atoms with Crippen LogP contribution in [0.15, 0.2) is 0 Å². The molecule has 0 saturated carbocycles. The number of nitrogens with one attached hydrogen (secondary N) is 2. The van der Waals surface area contributed by atoms with E-state index in [0.717, 1.165) is 19.5 Å². The fourth-order valence-corrected chi connectivity index (χ4v) is 1.83. The van der Waals surface area contributed by atoms with Crippen molar-refractivity contribution >= 4 is 5.91 Å². The van der Waals surface area contributed by atoms with Gasteiger partial charge in [-0.05, 0) is 27.4 Å². The largest absolute Gasteiger partial charge is 0.355 e. The van der Waals surface area contributed by atoms with E-state index in [9.17, 15) is 4.79 Å². The van der Waals surface area contributed by atoms with Crippen LogP contribution in [0.4, 0.5) is 0 Å². The van der Waals surface area contributed by atoms with E-state index in [1.54, 1.807) is 0 Å². The molecular weight excluding hydrogens is 166 g/mol. The molecule has 1 unspecified atom stereocenters. The van der Waals surface area contributed by atoms with Crippen molar-refractivity contribution in [1.82, 2.24) is 15.5 Å². The molecule has 1 aliphatic rings. The van der Waals surface area contributed by atoms with Crippen LogP contribution in [0.25, 0.3) is 0 Å². The smallest absolute Gasteiger partial charge is 0.241 e. The molecule has 76 valence electrons. The summed E-state index contributed by atoms with van der Waals surface area (Å²) in [6.45, 7) is 4.43. The number of rotatable bonds is 3. The maximum absolute atomic E-state index is 11.7. The number of likely N-dealkylation sites (tertiary alicyclic amines) is 1. The van der Waals surface area contributed by atoms with Crippen LogP contribution in [-0.4, -0.2) is 50.1 Å². The number of amides is 1. The highest BCUT2D eigenvalue weighted by molar-refractivity contribution is 5.87. The molecule has 2 N–H and O–H groups in total. The van der Waals surface area contributed by atoms with Crippen LogP contribution in [0, 0.1) is 0 Å². The Hall–Kier alpha value is -0.610. The first-order chi connectivity index (χ1) is 6.14. The van der Waals surface area contributed by atoms with Gasteiger partial charge in [-0.2, -0.15) is 0 Å². The van der Waals surface area contributed by atoms with Gasteiger partial charge in [-0.15, -0.1) is 0 Å². The highest BCUT2D eigenvalue weighted by Gasteiger charge is 2.41. The molecule has 1 atom stereocenters. The standard InChI is InChI=1S/C9H19N3O/c1-4-11-8(13)9(10-2)5-6-12(3)7-9/h10H,4-7H2,1-3H3,(H,11,13). The minimum absolute atomic E-state index is 0.127. The minimum atomic E-state index is -0.356. The van der Waals surface area contributed by atoms with E-state index in [1.165, 1.54) is 0 Å². The van der Waals surface area contributed by atoms with Crippen molar-refractivity contribution in [2.45, 2.75) is 18.9 Å². The van der Waals surface area contributed by atoms with E-state index in [2.05, 4.69) is 15.5 Å². The Morgan fingerprint density at radius 1 is 1.62 bits per heavy atom. The highest BCUT2D eigenvalue weighted by Crippen LogP contribution is 2.19. The molecule has 1 saturated heterocycles. The van der Waals surface area contributed by atoms with Crippen LogP contribution in [0.1, 0.15) is 13.3 Å². The Bertz CT molecular complexity index is 195. The third-order valence-corrected chi connectivity index (χ3v) is 2.71. The molecular formula is C9H19N3O. The summed E-state index contributed by atoms with van der Waals surface area (Å²) in [5, 5.41) is 6.01. The van der Waals surface area contributed by atoms with Crippen molar-refractivity contribution in [3.8, 4) is 0 Å². The summed E-state index contributed by atoms with van der Waals surface area (Å²) in [4.78, 5) is 13.9. The minimum Gasteiger partial charge on any atom is -0.355 e. The third-order valence-electron chi connectivity index (χ3n) is 2.71. The molecule has 0 aliphatic carbocycles. The molecule has 13 heavy (non-hydrogen) atoms. The summed E-state index contributed by atoms with van der Waals surface area (Å²) in [7, 11) is 3.90. The van der Waals surface area contributed by atoms with Crippen LogP contribution >= 0.6 is 0 Å². The van der Waals surface area contributed by atoms with Crippen LogP contribution in [0.2, 0.25) is 0 Å². The first-order valence-electron chi connectivity index (χ1n) is 4.80. The number of hydrogen-bond acceptors (Lipinski definition) is 3. The van der Waals surface area contributed by atoms with E-state index in [0.29, 0.717) is 6.54 Å². The molecule has 4 nitrogen and oxygen atoms in total. The molecule has 0 radical (unpaired) electrons. The van der Waals surface area contributed by atoms with E-state index in [4.69, 9.17) is 0 Å². The Morgan fingerprint density at radius 2 is 2.31 bits per heavy atom. The zero-order valence-electron chi connectivity index (χ0n) is 8.68. The summed E-state index contributed by atoms with van der Waals surface area (Å²) in [6, 6.07) is 0. The third kappa shape index (κ3) is 2.00. The van der Waals surface area contributed by atoms with E-state index in [-0.39, 0.29) is 11.4 Å². The monoisotopic (exact) mass is 185 g/mol. The number of hydrogen-bond donors (Lipinski definition) is 2. The Kier molecular flexibility index (Phi) is 3.27. The van der Waals surface area contributed by atoms with E-state index in [1.807, 2.05) is 21.0 Å². The van der Waals surface area contributed by atoms with Gasteiger partial charge in [0.1, 0.15) is 5.54 Å². The molecule has 0 aromatic carbocycles. The molecule has 1 rings (SSSR count). The quantitative estimate of drug-likeness (QED) is 0.618. The number of carbonyl (C=O) groups is 1. The number of carbonyl (C=O) groups excluding carboxylic acids is 1. The summed E-state index contributed by atoms with van der Waals surface area (Å²) in [5.41, 5.74) is -0.356. The normalized spacial score (nSPS) is 29.2. The van der Waals surface area contributed by atoms with Gasteiger partial charge in [0.2, 0.25) is 5.91 Å². The first kappa shape index (κ1) is 10.5. The lowest BCUT2D eigenvalue weighted by atomic mass is 9.98. The van der Waals surface area contributed by atoms with Crippen molar-refractivity contribution in [3.05, 3.63) is 0 Å². The van der Waals surface area contributed by atoms with Gasteiger partial charge in [0.15, 0.2) is 0 Å². The molecule has 0 spiro atoms. The zero-order chi connectivity index (χ0) is 9.90. The molecule has 0 aromatic rings. The van der Waals surface area contributed by atoms with Crippen LogP contribution < -0.4 is 10.6 Å². The van der Waals surface area contributed by atoms with Gasteiger partial charge < -0.3 is 15.5 Å². The van der Waals surface area contributed by atoms with Crippen molar-refractivity contribution in [2.75, 3.05) is 33.7 Å². The summed E-state index contributed by atoms with van der Waals surface area (Å²) >= 11 is 0. The van der Waals surface area contributed by atoms with Crippen LogP contribution in [0.3, 0.4) is 0 Å². The van der Waals surface area contributed by atoms with Gasteiger partial charge >= 0.3 is 0 Å². The van der Waals surface area contributed by atoms with Gasteiger partial charge in [0.25, 0.3) is 0 Å². The second-order valence-corrected chi connectivity index (χ2v) is 3.68. The Morgan fingerprint density at radius 3 is 2.69 bits per heavy atom. The molecule has 1 fully saturated rings. The summed E-state index contributed by atoms with van der Waals surface area (Å²) in [5.74, 6) is 0.127. The molecule has 0 bridgehead atoms. The van der Waals surface area contributed by atoms with Crippen molar-refractivity contribution in [2.24, 2.45) is 0 Å². The fourth-order valence-electron chi connectivity index (χ4n) is 1.83. The average Bonchev–Trinajstić information content (AvgIpc) is 2.49. The lowest BCUT2D eigenvalue weighted by Crippen LogP contribution is -2.57. The fraction of sp³-hybridized carbons (Fsp3) is 0.889. The summed E-state index contributed by atoms with van der Waals surface area (Å²) < 4.78 is 0. The van der Waals surface area contributed by atoms with Gasteiger partial charge in [-0.25, -0.2) is 0 Å². The van der Waals surface area contributed by atoms with Gasteiger partial charge in [-0.3, -0.25) is 4.79 Å². The number of likely N-dealkylation sites (N-methyl/N-ethyl adjacent to an activating group) is 3. The maximum Gasteiger partial charge on any atom is 0.241 e.